The van der Waals surface area contributed by atoms with Crippen molar-refractivity contribution in [3.63, 3.8) is 0 Å². The fourth-order valence-electron chi connectivity index (χ4n) is 1.38. The van der Waals surface area contributed by atoms with Gasteiger partial charge in [-0.25, -0.2) is 4.79 Å². The largest absolute Gasteiger partial charge is 0.480 e. The Balaban J connectivity index is 3.14. The number of rotatable bonds is 4. The first-order chi connectivity index (χ1) is 9.09. The van der Waals surface area contributed by atoms with Crippen LogP contribution in [0.1, 0.15) is 24.2 Å². The van der Waals surface area contributed by atoms with Crippen LogP contribution in [0.5, 0.6) is 0 Å². The van der Waals surface area contributed by atoms with E-state index in [0.29, 0.717) is 0 Å². The fraction of sp³-hybridized carbons (Fsp3) is 0.333. The van der Waals surface area contributed by atoms with Crippen LogP contribution < -0.4 is 0 Å². The molecule has 1 rings (SSSR count). The number of carboxylic acids is 1. The molecule has 0 heterocycles. The third-order valence-electron chi connectivity index (χ3n) is 3.06. The van der Waals surface area contributed by atoms with Crippen LogP contribution in [0.25, 0.3) is 0 Å². The van der Waals surface area contributed by atoms with Gasteiger partial charge in [0.15, 0.2) is 0 Å². The minimum Gasteiger partial charge on any atom is -0.480 e. The molecule has 0 radical (unpaired) electrons. The highest BCUT2D eigenvalue weighted by Crippen LogP contribution is 2.21. The first-order valence-electron chi connectivity index (χ1n) is 5.54. The number of likely N-dealkylation sites (N-methyl/N-ethyl adjacent to an activating group) is 1. The smallest absolute Gasteiger partial charge is 0.329 e. The summed E-state index contributed by atoms with van der Waals surface area (Å²) in [7, 11) is 1.26. The summed E-state index contributed by atoms with van der Waals surface area (Å²) in [5.74, 6) is -3.12. The molecule has 0 spiro atoms. The molecule has 8 heteroatoms. The lowest BCUT2D eigenvalue weighted by Gasteiger charge is -2.31. The van der Waals surface area contributed by atoms with Crippen LogP contribution in [0.2, 0.25) is 0 Å². The van der Waals surface area contributed by atoms with Gasteiger partial charge in [0.1, 0.15) is 5.54 Å². The van der Waals surface area contributed by atoms with Crippen LogP contribution in [-0.2, 0) is 4.79 Å². The predicted octanol–water partition coefficient (Wildman–Crippen LogP) is 1.67. The van der Waals surface area contributed by atoms with Crippen molar-refractivity contribution in [3.8, 4) is 0 Å². The van der Waals surface area contributed by atoms with Gasteiger partial charge < -0.3 is 10.0 Å². The van der Waals surface area contributed by atoms with E-state index in [2.05, 4.69) is 0 Å². The summed E-state index contributed by atoms with van der Waals surface area (Å²) in [5.41, 5.74) is -2.40. The number of amides is 1. The molecular formula is C12H13FN2O5. The third-order valence-corrected chi connectivity index (χ3v) is 3.06. The maximum absolute atomic E-state index is 13.5. The van der Waals surface area contributed by atoms with Gasteiger partial charge in [0.25, 0.3) is 5.91 Å². The normalized spacial score (nSPS) is 11.0. The molecule has 0 atom stereocenters. The van der Waals surface area contributed by atoms with Gasteiger partial charge in [-0.2, -0.15) is 4.39 Å². The Morgan fingerprint density at radius 2 is 1.95 bits per heavy atom. The molecule has 0 saturated carbocycles. The number of halogens is 1. The van der Waals surface area contributed by atoms with Crippen molar-refractivity contribution in [2.75, 3.05) is 7.05 Å². The van der Waals surface area contributed by atoms with Crippen LogP contribution in [0, 0.1) is 15.9 Å². The van der Waals surface area contributed by atoms with Crippen molar-refractivity contribution < 1.29 is 24.0 Å². The van der Waals surface area contributed by atoms with Crippen molar-refractivity contribution in [3.05, 3.63) is 39.7 Å². The summed E-state index contributed by atoms with van der Waals surface area (Å²) in [6.07, 6.45) is 0. The maximum Gasteiger partial charge on any atom is 0.329 e. The van der Waals surface area contributed by atoms with Gasteiger partial charge in [-0.3, -0.25) is 14.9 Å². The quantitative estimate of drug-likeness (QED) is 0.669. The predicted molar refractivity (Wildman–Crippen MR) is 66.9 cm³/mol. The van der Waals surface area contributed by atoms with E-state index in [1.54, 1.807) is 0 Å². The Morgan fingerprint density at radius 1 is 1.40 bits per heavy atom. The summed E-state index contributed by atoms with van der Waals surface area (Å²) in [4.78, 5) is 33.6. The van der Waals surface area contributed by atoms with Crippen LogP contribution in [0.15, 0.2) is 18.2 Å². The van der Waals surface area contributed by atoms with Crippen molar-refractivity contribution in [2.24, 2.45) is 0 Å². The molecule has 1 aromatic rings. The standard InChI is InChI=1S/C12H13FN2O5/c1-12(2,11(17)18)14(3)10(16)7-4-5-9(15(19)20)8(13)6-7/h4-6H,1-3H3,(H,17,18). The number of nitro groups is 1. The molecular weight excluding hydrogens is 271 g/mol. The number of carbonyl (C=O) groups excluding carboxylic acids is 1. The Kier molecular flexibility index (Phi) is 4.07. The highest BCUT2D eigenvalue weighted by molar-refractivity contribution is 5.97. The molecule has 1 N–H and O–H groups in total. The molecule has 0 fully saturated rings. The van der Waals surface area contributed by atoms with E-state index in [1.165, 1.54) is 20.9 Å². The zero-order valence-corrected chi connectivity index (χ0v) is 11.1. The van der Waals surface area contributed by atoms with Crippen LogP contribution in [0.4, 0.5) is 10.1 Å². The minimum absolute atomic E-state index is 0.162. The average Bonchev–Trinajstić information content (AvgIpc) is 2.36. The number of carbonyl (C=O) groups is 2. The SMILES string of the molecule is CN(C(=O)c1ccc([N+](=O)[O-])c(F)c1)C(C)(C)C(=O)O. The number of nitrogens with zero attached hydrogens (tertiary/aromatic N) is 2. The van der Waals surface area contributed by atoms with Gasteiger partial charge in [0.05, 0.1) is 4.92 Å². The fourth-order valence-corrected chi connectivity index (χ4v) is 1.38. The Bertz CT molecular complexity index is 585. The van der Waals surface area contributed by atoms with Gasteiger partial charge in [0, 0.05) is 18.7 Å². The van der Waals surface area contributed by atoms with Crippen molar-refractivity contribution in [1.29, 1.82) is 0 Å². The Labute approximate surface area is 113 Å². The van der Waals surface area contributed by atoms with E-state index in [9.17, 15) is 24.1 Å². The second-order valence-electron chi connectivity index (χ2n) is 4.65. The number of nitro benzene ring substituents is 1. The van der Waals surface area contributed by atoms with Gasteiger partial charge in [-0.15, -0.1) is 0 Å². The third kappa shape index (κ3) is 2.73. The van der Waals surface area contributed by atoms with E-state index in [0.717, 1.165) is 23.1 Å². The molecule has 20 heavy (non-hydrogen) atoms. The number of benzene rings is 1. The summed E-state index contributed by atoms with van der Waals surface area (Å²) >= 11 is 0. The molecule has 0 unspecified atom stereocenters. The monoisotopic (exact) mass is 284 g/mol. The molecule has 0 bridgehead atoms. The van der Waals surface area contributed by atoms with Crippen LogP contribution >= 0.6 is 0 Å². The highest BCUT2D eigenvalue weighted by atomic mass is 19.1. The number of hydrogen-bond acceptors (Lipinski definition) is 4. The van der Waals surface area contributed by atoms with Crippen LogP contribution in [-0.4, -0.2) is 39.4 Å². The second kappa shape index (κ2) is 5.24. The van der Waals surface area contributed by atoms with Crippen molar-refractivity contribution in [1.82, 2.24) is 4.90 Å². The second-order valence-corrected chi connectivity index (χ2v) is 4.65. The summed E-state index contributed by atoms with van der Waals surface area (Å²) in [6, 6.07) is 2.66. The molecule has 7 nitrogen and oxygen atoms in total. The van der Waals surface area contributed by atoms with E-state index in [1.807, 2.05) is 0 Å². The molecule has 1 aromatic carbocycles. The maximum atomic E-state index is 13.5. The van der Waals surface area contributed by atoms with Crippen LogP contribution in [0.3, 0.4) is 0 Å². The molecule has 0 aliphatic carbocycles. The number of hydrogen-bond donors (Lipinski definition) is 1. The first-order valence-corrected chi connectivity index (χ1v) is 5.54. The summed E-state index contributed by atoms with van der Waals surface area (Å²) in [6.45, 7) is 2.63. The topological polar surface area (TPSA) is 101 Å². The molecule has 108 valence electrons. The van der Waals surface area contributed by atoms with Gasteiger partial charge >= 0.3 is 11.7 Å². The van der Waals surface area contributed by atoms with E-state index in [4.69, 9.17) is 5.11 Å². The van der Waals surface area contributed by atoms with E-state index < -0.39 is 33.8 Å². The van der Waals surface area contributed by atoms with Gasteiger partial charge in [-0.1, -0.05) is 0 Å². The molecule has 0 aromatic heterocycles. The lowest BCUT2D eigenvalue weighted by Crippen LogP contribution is -2.50. The Hall–Kier alpha value is -2.51. The van der Waals surface area contributed by atoms with Crippen molar-refractivity contribution in [2.45, 2.75) is 19.4 Å². The zero-order chi connectivity index (χ0) is 15.7. The molecule has 1 amide bonds. The van der Waals surface area contributed by atoms with E-state index >= 15 is 0 Å². The first kappa shape index (κ1) is 15.5. The Morgan fingerprint density at radius 3 is 2.35 bits per heavy atom. The zero-order valence-electron chi connectivity index (χ0n) is 11.1. The summed E-state index contributed by atoms with van der Waals surface area (Å²) in [5, 5.41) is 19.5. The molecule has 0 saturated heterocycles. The van der Waals surface area contributed by atoms with Gasteiger partial charge in [0.2, 0.25) is 5.82 Å². The molecule has 0 aliphatic heterocycles. The minimum atomic E-state index is -1.49. The number of aliphatic carboxylic acids is 1. The lowest BCUT2D eigenvalue weighted by atomic mass is 10.0. The lowest BCUT2D eigenvalue weighted by molar-refractivity contribution is -0.387. The molecule has 0 aliphatic rings. The van der Waals surface area contributed by atoms with Crippen molar-refractivity contribution >= 4 is 17.6 Å². The number of carboxylic acid groups (broad SMARTS) is 1. The van der Waals surface area contributed by atoms with E-state index in [-0.39, 0.29) is 5.56 Å². The average molecular weight is 284 g/mol. The highest BCUT2D eigenvalue weighted by Gasteiger charge is 2.35. The summed E-state index contributed by atoms with van der Waals surface area (Å²) < 4.78 is 13.5. The van der Waals surface area contributed by atoms with Gasteiger partial charge in [-0.05, 0) is 26.0 Å².